The molecular formula is C40H24N4O2. The number of para-hydroxylation sites is 2. The average Bonchev–Trinajstić information content (AvgIpc) is 3.74. The molecule has 0 radical (unpaired) electrons. The number of benzene rings is 6. The van der Waals surface area contributed by atoms with E-state index >= 15 is 0 Å². The summed E-state index contributed by atoms with van der Waals surface area (Å²) in [6.45, 7) is 0. The third-order valence-electron chi connectivity index (χ3n) is 8.21. The van der Waals surface area contributed by atoms with Crippen LogP contribution in [0.3, 0.4) is 0 Å². The summed E-state index contributed by atoms with van der Waals surface area (Å²) in [4.78, 5) is 19.9. The largest absolute Gasteiger partial charge is 0.456 e. The van der Waals surface area contributed by atoms with E-state index in [0.717, 1.165) is 66.4 Å². The van der Waals surface area contributed by atoms with Crippen molar-refractivity contribution in [1.82, 2.24) is 19.9 Å². The van der Waals surface area contributed by atoms with Gasteiger partial charge in [0.2, 0.25) is 5.89 Å². The van der Waals surface area contributed by atoms with Gasteiger partial charge in [0.25, 0.3) is 0 Å². The Labute approximate surface area is 263 Å². The summed E-state index contributed by atoms with van der Waals surface area (Å²) in [7, 11) is 0. The zero-order chi connectivity index (χ0) is 30.5. The van der Waals surface area contributed by atoms with Crippen molar-refractivity contribution in [3.63, 3.8) is 0 Å². The van der Waals surface area contributed by atoms with Crippen molar-refractivity contribution < 1.29 is 8.83 Å². The molecule has 3 heterocycles. The van der Waals surface area contributed by atoms with Crippen molar-refractivity contribution in [2.24, 2.45) is 0 Å². The number of rotatable bonds is 5. The molecule has 46 heavy (non-hydrogen) atoms. The van der Waals surface area contributed by atoms with Crippen LogP contribution in [0.4, 0.5) is 0 Å². The zero-order valence-corrected chi connectivity index (χ0v) is 24.5. The highest BCUT2D eigenvalue weighted by atomic mass is 16.3. The Kier molecular flexibility index (Phi) is 6.03. The number of furan rings is 1. The molecule has 6 nitrogen and oxygen atoms in total. The second-order valence-corrected chi connectivity index (χ2v) is 11.1. The molecule has 9 aromatic rings. The molecule has 0 atom stereocenters. The van der Waals surface area contributed by atoms with Gasteiger partial charge in [-0.2, -0.15) is 0 Å². The minimum atomic E-state index is 0.532. The molecule has 0 bridgehead atoms. The molecule has 0 N–H and O–H groups in total. The molecule has 0 spiro atoms. The molecule has 0 saturated heterocycles. The van der Waals surface area contributed by atoms with Gasteiger partial charge in [0, 0.05) is 33.0 Å². The number of hydrogen-bond acceptors (Lipinski definition) is 6. The van der Waals surface area contributed by atoms with Crippen LogP contribution in [0.5, 0.6) is 0 Å². The monoisotopic (exact) mass is 592 g/mol. The molecule has 6 heteroatoms. The van der Waals surface area contributed by atoms with Crippen LogP contribution in [0.15, 0.2) is 154 Å². The lowest BCUT2D eigenvalue weighted by atomic mass is 10.0. The lowest BCUT2D eigenvalue weighted by Gasteiger charge is -2.10. The van der Waals surface area contributed by atoms with Crippen LogP contribution >= 0.6 is 0 Å². The van der Waals surface area contributed by atoms with Crippen LogP contribution in [0.25, 0.3) is 89.8 Å². The first-order valence-corrected chi connectivity index (χ1v) is 15.1. The summed E-state index contributed by atoms with van der Waals surface area (Å²) in [6.07, 6.45) is 0. The molecule has 0 amide bonds. The molecule has 0 aliphatic heterocycles. The minimum Gasteiger partial charge on any atom is -0.456 e. The molecule has 0 aliphatic carbocycles. The standard InChI is InChI=1S/C40H24N4O2/c1-3-11-25(12-4-1)26-21-23-28(24-22-26)38-42-37(27-13-5-2-6-14-27)43-39(44-38)29-15-9-19-33-35(29)36-30(16-10-20-34(36)45-33)40-41-31-17-7-8-18-32(31)46-40/h1-24H. The highest BCUT2D eigenvalue weighted by Gasteiger charge is 2.21. The molecule has 0 aliphatic rings. The average molecular weight is 593 g/mol. The predicted molar refractivity (Wildman–Crippen MR) is 182 cm³/mol. The van der Waals surface area contributed by atoms with E-state index in [1.165, 1.54) is 0 Å². The van der Waals surface area contributed by atoms with E-state index in [-0.39, 0.29) is 0 Å². The second-order valence-electron chi connectivity index (χ2n) is 11.1. The number of fused-ring (bicyclic) bond motifs is 4. The van der Waals surface area contributed by atoms with Gasteiger partial charge in [0.05, 0.1) is 0 Å². The van der Waals surface area contributed by atoms with Gasteiger partial charge in [-0.3, -0.25) is 0 Å². The lowest BCUT2D eigenvalue weighted by molar-refractivity contribution is 0.620. The van der Waals surface area contributed by atoms with Gasteiger partial charge < -0.3 is 8.83 Å². The van der Waals surface area contributed by atoms with E-state index in [2.05, 4.69) is 36.4 Å². The fourth-order valence-electron chi connectivity index (χ4n) is 6.00. The molecule has 6 aromatic carbocycles. The van der Waals surface area contributed by atoms with Gasteiger partial charge in [0.15, 0.2) is 23.1 Å². The maximum absolute atomic E-state index is 6.40. The van der Waals surface area contributed by atoms with Crippen LogP contribution in [-0.4, -0.2) is 19.9 Å². The van der Waals surface area contributed by atoms with Crippen LogP contribution in [0, 0.1) is 0 Å². The lowest BCUT2D eigenvalue weighted by Crippen LogP contribution is -2.00. The first kappa shape index (κ1) is 26.0. The van der Waals surface area contributed by atoms with Gasteiger partial charge >= 0.3 is 0 Å². The number of nitrogens with zero attached hydrogens (tertiary/aromatic N) is 4. The minimum absolute atomic E-state index is 0.532. The summed E-state index contributed by atoms with van der Waals surface area (Å²) in [5.41, 5.74) is 8.76. The van der Waals surface area contributed by atoms with Crippen molar-refractivity contribution in [2.75, 3.05) is 0 Å². The summed E-state index contributed by atoms with van der Waals surface area (Å²) < 4.78 is 12.6. The van der Waals surface area contributed by atoms with E-state index in [1.54, 1.807) is 0 Å². The summed E-state index contributed by atoms with van der Waals surface area (Å²) in [5.74, 6) is 2.27. The van der Waals surface area contributed by atoms with Gasteiger partial charge in [-0.25, -0.2) is 19.9 Å². The Hall–Kier alpha value is -6.40. The van der Waals surface area contributed by atoms with E-state index in [0.29, 0.717) is 23.4 Å². The summed E-state index contributed by atoms with van der Waals surface area (Å²) in [5, 5.41) is 1.79. The van der Waals surface area contributed by atoms with E-state index < -0.39 is 0 Å². The predicted octanol–water partition coefficient (Wildman–Crippen LogP) is 10.2. The van der Waals surface area contributed by atoms with Crippen LogP contribution in [-0.2, 0) is 0 Å². The van der Waals surface area contributed by atoms with Crippen LogP contribution in [0.2, 0.25) is 0 Å². The Morgan fingerprint density at radius 1 is 0.326 bits per heavy atom. The van der Waals surface area contributed by atoms with E-state index in [1.807, 2.05) is 109 Å². The summed E-state index contributed by atoms with van der Waals surface area (Å²) >= 11 is 0. The van der Waals surface area contributed by atoms with E-state index in [4.69, 9.17) is 28.8 Å². The Morgan fingerprint density at radius 2 is 0.826 bits per heavy atom. The molecule has 0 fully saturated rings. The van der Waals surface area contributed by atoms with Crippen LogP contribution < -0.4 is 0 Å². The number of oxazole rings is 1. The Morgan fingerprint density at radius 3 is 1.52 bits per heavy atom. The third-order valence-corrected chi connectivity index (χ3v) is 8.21. The molecule has 9 rings (SSSR count). The Balaban J connectivity index is 1.26. The van der Waals surface area contributed by atoms with Gasteiger partial charge in [-0.05, 0) is 41.5 Å². The van der Waals surface area contributed by atoms with Crippen molar-refractivity contribution in [2.45, 2.75) is 0 Å². The first-order valence-electron chi connectivity index (χ1n) is 15.1. The normalized spacial score (nSPS) is 11.5. The maximum atomic E-state index is 6.40. The van der Waals surface area contributed by atoms with Crippen LogP contribution in [0.1, 0.15) is 0 Å². The third kappa shape index (κ3) is 4.43. The highest BCUT2D eigenvalue weighted by molar-refractivity contribution is 6.17. The maximum Gasteiger partial charge on any atom is 0.228 e. The summed E-state index contributed by atoms with van der Waals surface area (Å²) in [6, 6.07) is 48.4. The molecule has 3 aromatic heterocycles. The molecule has 0 saturated carbocycles. The second kappa shape index (κ2) is 10.6. The van der Waals surface area contributed by atoms with Gasteiger partial charge in [-0.15, -0.1) is 0 Å². The quantitative estimate of drug-likeness (QED) is 0.198. The molecular weight excluding hydrogens is 568 g/mol. The van der Waals surface area contributed by atoms with Crippen molar-refractivity contribution in [1.29, 1.82) is 0 Å². The number of aromatic nitrogens is 4. The number of hydrogen-bond donors (Lipinski definition) is 0. The van der Waals surface area contributed by atoms with Crippen molar-refractivity contribution in [3.8, 4) is 56.7 Å². The fraction of sp³-hybridized carbons (Fsp3) is 0. The topological polar surface area (TPSA) is 77.8 Å². The molecule has 216 valence electrons. The highest BCUT2D eigenvalue weighted by Crippen LogP contribution is 2.41. The van der Waals surface area contributed by atoms with E-state index in [9.17, 15) is 0 Å². The zero-order valence-electron chi connectivity index (χ0n) is 24.5. The molecule has 0 unspecified atom stereocenters. The van der Waals surface area contributed by atoms with Gasteiger partial charge in [0.1, 0.15) is 16.7 Å². The van der Waals surface area contributed by atoms with Gasteiger partial charge in [-0.1, -0.05) is 115 Å². The van der Waals surface area contributed by atoms with Crippen molar-refractivity contribution in [3.05, 3.63) is 146 Å². The van der Waals surface area contributed by atoms with Crippen molar-refractivity contribution >= 4 is 33.0 Å². The fourth-order valence-corrected chi connectivity index (χ4v) is 6.00. The first-order chi connectivity index (χ1) is 22.8. The smallest absolute Gasteiger partial charge is 0.228 e. The Bertz CT molecular complexity index is 2490. The SMILES string of the molecule is c1ccc(-c2ccc(-c3nc(-c4ccccc4)nc(-c4cccc5oc6cccc(-c7nc8ccccc8o7)c6c45)n3)cc2)cc1.